The van der Waals surface area contributed by atoms with Gasteiger partial charge in [-0.05, 0) is 49.4 Å². The normalized spacial score (nSPS) is 10.3. The SMILES string of the molecule is CCN(CC)CCCNC(=S)N(Cc1ccccc1)Cc1ccccc1.[Br-]. The first kappa shape index (κ1) is 23.6. The molecule has 0 radical (unpaired) electrons. The Morgan fingerprint density at radius 2 is 1.33 bits per heavy atom. The lowest BCUT2D eigenvalue weighted by Crippen LogP contribution is -3.00. The van der Waals surface area contributed by atoms with Crippen LogP contribution in [0.5, 0.6) is 0 Å². The van der Waals surface area contributed by atoms with Crippen molar-refractivity contribution in [1.82, 2.24) is 15.1 Å². The van der Waals surface area contributed by atoms with E-state index in [2.05, 4.69) is 89.6 Å². The summed E-state index contributed by atoms with van der Waals surface area (Å²) >= 11 is 5.71. The van der Waals surface area contributed by atoms with Crippen LogP contribution in [0.4, 0.5) is 0 Å². The summed E-state index contributed by atoms with van der Waals surface area (Å²) in [6.45, 7) is 10.3. The molecule has 0 fully saturated rings. The van der Waals surface area contributed by atoms with Gasteiger partial charge in [-0.1, -0.05) is 74.5 Å². The van der Waals surface area contributed by atoms with Crippen molar-refractivity contribution in [2.45, 2.75) is 33.4 Å². The van der Waals surface area contributed by atoms with Crippen LogP contribution in [0.3, 0.4) is 0 Å². The Bertz CT molecular complexity index is 591. The summed E-state index contributed by atoms with van der Waals surface area (Å²) in [6.07, 6.45) is 1.10. The predicted molar refractivity (Wildman–Crippen MR) is 115 cm³/mol. The highest BCUT2D eigenvalue weighted by molar-refractivity contribution is 7.80. The number of hydrogen-bond acceptors (Lipinski definition) is 2. The smallest absolute Gasteiger partial charge is 0.169 e. The van der Waals surface area contributed by atoms with Crippen molar-refractivity contribution >= 4 is 17.3 Å². The molecule has 1 N–H and O–H groups in total. The van der Waals surface area contributed by atoms with Gasteiger partial charge < -0.3 is 32.1 Å². The zero-order chi connectivity index (χ0) is 18.6. The quantitative estimate of drug-likeness (QED) is 0.435. The van der Waals surface area contributed by atoms with E-state index in [0.717, 1.165) is 50.8 Å². The topological polar surface area (TPSA) is 18.5 Å². The first-order chi connectivity index (χ1) is 12.7. The first-order valence-corrected chi connectivity index (χ1v) is 9.96. The second kappa shape index (κ2) is 13.7. The number of hydrogen-bond donors (Lipinski definition) is 1. The molecule has 148 valence electrons. The van der Waals surface area contributed by atoms with Crippen molar-refractivity contribution < 1.29 is 17.0 Å². The fraction of sp³-hybridized carbons (Fsp3) is 0.409. The van der Waals surface area contributed by atoms with E-state index in [4.69, 9.17) is 12.2 Å². The Morgan fingerprint density at radius 3 is 1.78 bits per heavy atom. The number of halogens is 1. The van der Waals surface area contributed by atoms with E-state index in [9.17, 15) is 0 Å². The second-order valence-corrected chi connectivity index (χ2v) is 6.83. The van der Waals surface area contributed by atoms with Crippen molar-refractivity contribution in [2.75, 3.05) is 26.2 Å². The molecule has 0 saturated carbocycles. The maximum atomic E-state index is 5.71. The zero-order valence-corrected chi connectivity index (χ0v) is 18.8. The van der Waals surface area contributed by atoms with Gasteiger partial charge in [-0.15, -0.1) is 0 Å². The molecular weight excluding hydrogens is 418 g/mol. The Balaban J connectivity index is 0.00000364. The maximum Gasteiger partial charge on any atom is 0.169 e. The molecular formula is C22H31BrN3S-. The highest BCUT2D eigenvalue weighted by Crippen LogP contribution is 2.10. The lowest BCUT2D eigenvalue weighted by Gasteiger charge is -2.27. The van der Waals surface area contributed by atoms with Crippen molar-refractivity contribution in [2.24, 2.45) is 0 Å². The van der Waals surface area contributed by atoms with Crippen LogP contribution in [0.1, 0.15) is 31.4 Å². The van der Waals surface area contributed by atoms with E-state index in [1.54, 1.807) is 0 Å². The molecule has 5 heteroatoms. The van der Waals surface area contributed by atoms with Gasteiger partial charge in [-0.2, -0.15) is 0 Å². The molecule has 0 bridgehead atoms. The van der Waals surface area contributed by atoms with Crippen molar-refractivity contribution in [3.63, 3.8) is 0 Å². The van der Waals surface area contributed by atoms with E-state index in [-0.39, 0.29) is 17.0 Å². The van der Waals surface area contributed by atoms with E-state index in [1.807, 2.05) is 0 Å². The highest BCUT2D eigenvalue weighted by Gasteiger charge is 2.11. The molecule has 0 unspecified atom stereocenters. The Labute approximate surface area is 180 Å². The van der Waals surface area contributed by atoms with Crippen molar-refractivity contribution in [1.29, 1.82) is 0 Å². The summed E-state index contributed by atoms with van der Waals surface area (Å²) in [6, 6.07) is 21.0. The summed E-state index contributed by atoms with van der Waals surface area (Å²) in [7, 11) is 0. The minimum absolute atomic E-state index is 0. The van der Waals surface area contributed by atoms with E-state index in [1.165, 1.54) is 11.1 Å². The highest BCUT2D eigenvalue weighted by atomic mass is 79.9. The monoisotopic (exact) mass is 448 g/mol. The predicted octanol–water partition coefficient (Wildman–Crippen LogP) is 1.30. The van der Waals surface area contributed by atoms with Gasteiger partial charge in [0, 0.05) is 19.6 Å². The third-order valence-electron chi connectivity index (χ3n) is 4.54. The molecule has 0 aromatic heterocycles. The molecule has 0 atom stereocenters. The number of rotatable bonds is 10. The number of benzene rings is 2. The lowest BCUT2D eigenvalue weighted by atomic mass is 10.2. The van der Waals surface area contributed by atoms with Crippen LogP contribution in [-0.2, 0) is 13.1 Å². The number of nitrogens with zero attached hydrogens (tertiary/aromatic N) is 2. The molecule has 0 aliphatic rings. The fourth-order valence-corrected chi connectivity index (χ4v) is 3.19. The standard InChI is InChI=1S/C22H31N3S.BrH/c1-3-24(4-2)17-11-16-23-22(26)25(18-20-12-7-5-8-13-20)19-21-14-9-6-10-15-21;/h5-10,12-15H,3-4,11,16-19H2,1-2H3,(H,23,26);1H/p-1. The maximum absolute atomic E-state index is 5.71. The summed E-state index contributed by atoms with van der Waals surface area (Å²) in [4.78, 5) is 4.69. The lowest BCUT2D eigenvalue weighted by molar-refractivity contribution is -0.00000542. The molecule has 0 aliphatic heterocycles. The van der Waals surface area contributed by atoms with E-state index in [0.29, 0.717) is 0 Å². The van der Waals surface area contributed by atoms with E-state index >= 15 is 0 Å². The summed E-state index contributed by atoms with van der Waals surface area (Å²) in [5.41, 5.74) is 2.55. The van der Waals surface area contributed by atoms with Crippen molar-refractivity contribution in [3.05, 3.63) is 71.8 Å². The van der Waals surface area contributed by atoms with Gasteiger partial charge >= 0.3 is 0 Å². The molecule has 2 rings (SSSR count). The third-order valence-corrected chi connectivity index (χ3v) is 4.94. The van der Waals surface area contributed by atoms with Crippen molar-refractivity contribution in [3.8, 4) is 0 Å². The van der Waals surface area contributed by atoms with Crippen LogP contribution in [0.15, 0.2) is 60.7 Å². The molecule has 27 heavy (non-hydrogen) atoms. The Kier molecular flexibility index (Phi) is 12.0. The summed E-state index contributed by atoms with van der Waals surface area (Å²) < 4.78 is 0. The molecule has 0 spiro atoms. The second-order valence-electron chi connectivity index (χ2n) is 6.44. The number of nitrogens with one attached hydrogen (secondary N) is 1. The number of thiocarbonyl (C=S) groups is 1. The molecule has 0 amide bonds. The van der Waals surface area contributed by atoms with Crippen LogP contribution in [0, 0.1) is 0 Å². The Morgan fingerprint density at radius 1 is 0.852 bits per heavy atom. The van der Waals surface area contributed by atoms with Crippen LogP contribution in [0.25, 0.3) is 0 Å². The van der Waals surface area contributed by atoms with Crippen LogP contribution < -0.4 is 22.3 Å². The molecule has 2 aromatic carbocycles. The fourth-order valence-electron chi connectivity index (χ4n) is 2.96. The van der Waals surface area contributed by atoms with Gasteiger partial charge in [0.25, 0.3) is 0 Å². The zero-order valence-electron chi connectivity index (χ0n) is 16.4. The third kappa shape index (κ3) is 8.87. The van der Waals surface area contributed by atoms with Crippen LogP contribution >= 0.6 is 12.2 Å². The molecule has 3 nitrogen and oxygen atoms in total. The minimum atomic E-state index is 0. The van der Waals surface area contributed by atoms with Gasteiger partial charge in [0.1, 0.15) is 0 Å². The van der Waals surface area contributed by atoms with E-state index < -0.39 is 0 Å². The van der Waals surface area contributed by atoms with Gasteiger partial charge in [-0.25, -0.2) is 0 Å². The summed E-state index contributed by atoms with van der Waals surface area (Å²) in [5.74, 6) is 0. The van der Waals surface area contributed by atoms with Gasteiger partial charge in [0.2, 0.25) is 0 Å². The molecule has 0 saturated heterocycles. The van der Waals surface area contributed by atoms with Gasteiger partial charge in [0.15, 0.2) is 5.11 Å². The first-order valence-electron chi connectivity index (χ1n) is 9.56. The molecule has 0 aliphatic carbocycles. The average Bonchev–Trinajstić information content (AvgIpc) is 2.69. The summed E-state index contributed by atoms with van der Waals surface area (Å²) in [5, 5.41) is 4.29. The minimum Gasteiger partial charge on any atom is -1.00 e. The van der Waals surface area contributed by atoms with Crippen LogP contribution in [0.2, 0.25) is 0 Å². The molecule has 2 aromatic rings. The van der Waals surface area contributed by atoms with Crippen LogP contribution in [-0.4, -0.2) is 41.1 Å². The largest absolute Gasteiger partial charge is 1.00 e. The molecule has 0 heterocycles. The van der Waals surface area contributed by atoms with Gasteiger partial charge in [0.05, 0.1) is 0 Å². The average molecular weight is 449 g/mol. The van der Waals surface area contributed by atoms with Gasteiger partial charge in [-0.3, -0.25) is 0 Å². The Hall–Kier alpha value is -1.43.